The van der Waals surface area contributed by atoms with Crippen molar-refractivity contribution in [2.24, 2.45) is 17.1 Å². The molecule has 19 heavy (non-hydrogen) atoms. The summed E-state index contributed by atoms with van der Waals surface area (Å²) in [5, 5.41) is 10.4. The van der Waals surface area contributed by atoms with Crippen molar-refractivity contribution in [3.8, 4) is 0 Å². The molecule has 2 unspecified atom stereocenters. The lowest BCUT2D eigenvalue weighted by atomic mass is 9.78. The minimum absolute atomic E-state index is 0.0408. The first kappa shape index (κ1) is 13.5. The van der Waals surface area contributed by atoms with E-state index in [1.807, 2.05) is 11.8 Å². The second-order valence-corrected chi connectivity index (χ2v) is 7.61. The zero-order valence-electron chi connectivity index (χ0n) is 11.3. The summed E-state index contributed by atoms with van der Waals surface area (Å²) >= 11 is 1.97. The molecule has 0 aromatic heterocycles. The minimum atomic E-state index is -0.0408. The summed E-state index contributed by atoms with van der Waals surface area (Å²) in [5.41, 5.74) is 7.43. The van der Waals surface area contributed by atoms with E-state index in [0.717, 1.165) is 25.2 Å². The van der Waals surface area contributed by atoms with Gasteiger partial charge in [0, 0.05) is 28.7 Å². The number of nitrogens with two attached hydrogens (primary N) is 1. The van der Waals surface area contributed by atoms with Crippen LogP contribution < -0.4 is 5.73 Å². The van der Waals surface area contributed by atoms with Gasteiger partial charge in [-0.15, -0.1) is 11.8 Å². The molecule has 2 atom stereocenters. The van der Waals surface area contributed by atoms with E-state index < -0.39 is 0 Å². The van der Waals surface area contributed by atoms with E-state index >= 15 is 0 Å². The normalized spacial score (nSPS) is 25.1. The fraction of sp³-hybridized carbons (Fsp3) is 0.625. The number of aliphatic hydroxyl groups excluding tert-OH is 1. The van der Waals surface area contributed by atoms with Crippen molar-refractivity contribution in [1.82, 2.24) is 0 Å². The van der Waals surface area contributed by atoms with Gasteiger partial charge in [0.2, 0.25) is 0 Å². The van der Waals surface area contributed by atoms with E-state index in [2.05, 4.69) is 24.3 Å². The Morgan fingerprint density at radius 1 is 1.26 bits per heavy atom. The molecule has 0 spiro atoms. The highest BCUT2D eigenvalue weighted by atomic mass is 32.2. The van der Waals surface area contributed by atoms with Gasteiger partial charge in [0.15, 0.2) is 0 Å². The van der Waals surface area contributed by atoms with Crippen LogP contribution in [0.1, 0.15) is 31.2 Å². The largest absolute Gasteiger partial charge is 0.396 e. The molecule has 104 valence electrons. The Labute approximate surface area is 119 Å². The van der Waals surface area contributed by atoms with Crippen molar-refractivity contribution in [1.29, 1.82) is 0 Å². The molecule has 1 heterocycles. The first-order chi connectivity index (χ1) is 9.24. The molecule has 1 aromatic carbocycles. The van der Waals surface area contributed by atoms with Crippen LogP contribution in [0.4, 0.5) is 0 Å². The zero-order valence-corrected chi connectivity index (χ0v) is 12.2. The van der Waals surface area contributed by atoms with Crippen LogP contribution in [0.2, 0.25) is 0 Å². The molecule has 2 nitrogen and oxygen atoms in total. The van der Waals surface area contributed by atoms with Crippen molar-refractivity contribution in [3.05, 3.63) is 29.8 Å². The number of aliphatic hydroxyl groups is 1. The molecule has 3 N–H and O–H groups in total. The third-order valence-corrected chi connectivity index (χ3v) is 5.88. The maximum absolute atomic E-state index is 9.84. The van der Waals surface area contributed by atoms with Crippen LogP contribution in [0.3, 0.4) is 0 Å². The number of fused-ring (bicyclic) bond motifs is 1. The molecule has 1 aromatic rings. The van der Waals surface area contributed by atoms with Gasteiger partial charge < -0.3 is 10.8 Å². The van der Waals surface area contributed by atoms with Gasteiger partial charge in [0.1, 0.15) is 0 Å². The Balaban J connectivity index is 1.66. The van der Waals surface area contributed by atoms with E-state index in [1.54, 1.807) is 0 Å². The number of benzene rings is 1. The second-order valence-electron chi connectivity index (χ2n) is 6.27. The third kappa shape index (κ3) is 2.99. The predicted molar refractivity (Wildman–Crippen MR) is 80.3 cm³/mol. The molecule has 2 aliphatic rings. The quantitative estimate of drug-likeness (QED) is 0.840. The van der Waals surface area contributed by atoms with Gasteiger partial charge in [-0.1, -0.05) is 31.0 Å². The fourth-order valence-electron chi connectivity index (χ4n) is 3.23. The standard InChI is InChI=1S/C16H23NOS/c17-10-16(11-18,8-12-5-6-12)9-14-7-13-3-1-2-4-15(13)19-14/h1-4,12,14,18H,5-11,17H2. The van der Waals surface area contributed by atoms with E-state index in [9.17, 15) is 5.11 Å². The van der Waals surface area contributed by atoms with Gasteiger partial charge >= 0.3 is 0 Å². The predicted octanol–water partition coefficient (Wildman–Crippen LogP) is 2.83. The van der Waals surface area contributed by atoms with Crippen LogP contribution in [-0.2, 0) is 6.42 Å². The second kappa shape index (κ2) is 5.47. The molecule has 1 aliphatic heterocycles. The molecule has 0 amide bonds. The van der Waals surface area contributed by atoms with Gasteiger partial charge in [-0.2, -0.15) is 0 Å². The smallest absolute Gasteiger partial charge is 0.0500 e. The third-order valence-electron chi connectivity index (χ3n) is 4.56. The summed E-state index contributed by atoms with van der Waals surface area (Å²) in [6, 6.07) is 8.67. The zero-order chi connectivity index (χ0) is 13.3. The average Bonchev–Trinajstić information content (AvgIpc) is 3.15. The number of thioether (sulfide) groups is 1. The highest BCUT2D eigenvalue weighted by Gasteiger charge is 2.38. The molecule has 1 fully saturated rings. The molecular formula is C16H23NOS. The Bertz CT molecular complexity index is 415. The maximum atomic E-state index is 9.84. The summed E-state index contributed by atoms with van der Waals surface area (Å²) in [5.74, 6) is 0.824. The van der Waals surface area contributed by atoms with Crippen LogP contribution in [0.15, 0.2) is 29.2 Å². The number of rotatable bonds is 6. The molecule has 0 radical (unpaired) electrons. The van der Waals surface area contributed by atoms with Crippen LogP contribution >= 0.6 is 11.8 Å². The van der Waals surface area contributed by atoms with Crippen LogP contribution in [-0.4, -0.2) is 23.5 Å². The van der Waals surface area contributed by atoms with Crippen LogP contribution in [0, 0.1) is 11.3 Å². The molecule has 3 rings (SSSR count). The molecular weight excluding hydrogens is 254 g/mol. The highest BCUT2D eigenvalue weighted by molar-refractivity contribution is 8.00. The van der Waals surface area contributed by atoms with Gasteiger partial charge in [-0.3, -0.25) is 0 Å². The van der Waals surface area contributed by atoms with E-state index in [-0.39, 0.29) is 12.0 Å². The van der Waals surface area contributed by atoms with Crippen LogP contribution in [0.25, 0.3) is 0 Å². The maximum Gasteiger partial charge on any atom is 0.0500 e. The van der Waals surface area contributed by atoms with E-state index in [1.165, 1.54) is 23.3 Å². The monoisotopic (exact) mass is 277 g/mol. The Morgan fingerprint density at radius 2 is 2.05 bits per heavy atom. The average molecular weight is 277 g/mol. The van der Waals surface area contributed by atoms with Crippen molar-refractivity contribution in [2.75, 3.05) is 13.2 Å². The molecule has 1 saturated carbocycles. The fourth-order valence-corrected chi connectivity index (χ4v) is 4.75. The summed E-state index contributed by atoms with van der Waals surface area (Å²) in [4.78, 5) is 1.42. The van der Waals surface area contributed by atoms with Gasteiger partial charge in [0.25, 0.3) is 0 Å². The van der Waals surface area contributed by atoms with Crippen LogP contribution in [0.5, 0.6) is 0 Å². The Morgan fingerprint density at radius 3 is 2.68 bits per heavy atom. The van der Waals surface area contributed by atoms with Crippen molar-refractivity contribution in [3.63, 3.8) is 0 Å². The molecule has 1 aliphatic carbocycles. The Kier molecular flexibility index (Phi) is 3.88. The highest BCUT2D eigenvalue weighted by Crippen LogP contribution is 2.47. The number of hydrogen-bond donors (Lipinski definition) is 2. The molecule has 0 bridgehead atoms. The lowest BCUT2D eigenvalue weighted by molar-refractivity contribution is 0.106. The minimum Gasteiger partial charge on any atom is -0.396 e. The van der Waals surface area contributed by atoms with E-state index in [4.69, 9.17) is 5.73 Å². The molecule has 3 heteroatoms. The van der Waals surface area contributed by atoms with Crippen molar-refractivity contribution >= 4 is 11.8 Å². The Hall–Kier alpha value is -0.510. The van der Waals surface area contributed by atoms with Crippen molar-refractivity contribution < 1.29 is 5.11 Å². The molecule has 0 saturated heterocycles. The lowest BCUT2D eigenvalue weighted by Gasteiger charge is -2.33. The van der Waals surface area contributed by atoms with Gasteiger partial charge in [-0.25, -0.2) is 0 Å². The van der Waals surface area contributed by atoms with Gasteiger partial charge in [-0.05, 0) is 36.8 Å². The summed E-state index contributed by atoms with van der Waals surface area (Å²) in [6.45, 7) is 0.862. The van der Waals surface area contributed by atoms with Gasteiger partial charge in [0.05, 0.1) is 0 Å². The number of hydrogen-bond acceptors (Lipinski definition) is 3. The summed E-state index contributed by atoms with van der Waals surface area (Å²) in [7, 11) is 0. The van der Waals surface area contributed by atoms with Crippen molar-refractivity contribution in [2.45, 2.75) is 42.2 Å². The summed E-state index contributed by atoms with van der Waals surface area (Å²) in [6.07, 6.45) is 5.97. The SMILES string of the molecule is NCC(CO)(CC1CC1)CC1Cc2ccccc2S1. The first-order valence-electron chi connectivity index (χ1n) is 7.30. The van der Waals surface area contributed by atoms with E-state index in [0.29, 0.717) is 11.8 Å². The lowest BCUT2D eigenvalue weighted by Crippen LogP contribution is -2.37. The topological polar surface area (TPSA) is 46.2 Å². The first-order valence-corrected chi connectivity index (χ1v) is 8.18. The summed E-state index contributed by atoms with van der Waals surface area (Å²) < 4.78 is 0.